The number of benzene rings is 1. The average molecular weight is 280 g/mol. The van der Waals surface area contributed by atoms with Gasteiger partial charge in [0.2, 0.25) is 0 Å². The molecule has 1 fully saturated rings. The maximum Gasteiger partial charge on any atom is 0.130 e. The van der Waals surface area contributed by atoms with E-state index in [9.17, 15) is 4.39 Å². The lowest BCUT2D eigenvalue weighted by atomic mass is 10.0. The molecule has 3 nitrogen and oxygen atoms in total. The van der Waals surface area contributed by atoms with Gasteiger partial charge in [0, 0.05) is 29.9 Å². The maximum atomic E-state index is 14.3. The number of ether oxygens (including phenoxy) is 1. The Bertz CT molecular complexity index is 452. The summed E-state index contributed by atoms with van der Waals surface area (Å²) in [5.74, 6) is -0.137. The fourth-order valence-corrected chi connectivity index (χ4v) is 2.85. The minimum atomic E-state index is -0.137. The second kappa shape index (κ2) is 6.55. The molecule has 0 aromatic heterocycles. The molecule has 0 aliphatic carbocycles. The quantitative estimate of drug-likeness (QED) is 0.917. The highest BCUT2D eigenvalue weighted by molar-refractivity contribution is 5.56. The van der Waals surface area contributed by atoms with Gasteiger partial charge >= 0.3 is 0 Å². The van der Waals surface area contributed by atoms with Crippen molar-refractivity contribution in [1.29, 1.82) is 0 Å². The van der Waals surface area contributed by atoms with Gasteiger partial charge in [0.15, 0.2) is 0 Å². The highest BCUT2D eigenvalue weighted by Crippen LogP contribution is 2.31. The Kier molecular flexibility index (Phi) is 5.00. The smallest absolute Gasteiger partial charge is 0.130 e. The van der Waals surface area contributed by atoms with Gasteiger partial charge < -0.3 is 15.0 Å². The van der Waals surface area contributed by atoms with Gasteiger partial charge in [-0.05, 0) is 39.4 Å². The first-order valence-electron chi connectivity index (χ1n) is 7.44. The van der Waals surface area contributed by atoms with Gasteiger partial charge in [0.25, 0.3) is 0 Å². The summed E-state index contributed by atoms with van der Waals surface area (Å²) in [6, 6.07) is 5.61. The lowest BCUT2D eigenvalue weighted by Gasteiger charge is -2.40. The molecule has 0 saturated carbocycles. The Balaban J connectivity index is 2.37. The molecule has 1 aromatic carbocycles. The van der Waals surface area contributed by atoms with Crippen molar-refractivity contribution in [2.45, 2.75) is 45.9 Å². The molecule has 3 atom stereocenters. The van der Waals surface area contributed by atoms with Gasteiger partial charge in [0.05, 0.1) is 12.7 Å². The van der Waals surface area contributed by atoms with E-state index in [1.54, 1.807) is 12.1 Å². The average Bonchev–Trinajstić information content (AvgIpc) is 2.41. The van der Waals surface area contributed by atoms with Crippen LogP contribution in [0.3, 0.4) is 0 Å². The first kappa shape index (κ1) is 15.3. The van der Waals surface area contributed by atoms with Crippen molar-refractivity contribution in [2.75, 3.05) is 24.6 Å². The minimum absolute atomic E-state index is 0.00144. The zero-order valence-corrected chi connectivity index (χ0v) is 12.8. The fourth-order valence-electron chi connectivity index (χ4n) is 2.85. The Hall–Kier alpha value is -1.13. The van der Waals surface area contributed by atoms with Crippen molar-refractivity contribution in [3.05, 3.63) is 29.6 Å². The normalized spacial score (nSPS) is 24.8. The van der Waals surface area contributed by atoms with Gasteiger partial charge in [-0.25, -0.2) is 4.39 Å². The van der Waals surface area contributed by atoms with Crippen molar-refractivity contribution in [3.63, 3.8) is 0 Å². The number of rotatable bonds is 4. The SMILES string of the molecule is CCNC(C)c1c(F)cccc1N1CC(C)OCC1C. The first-order valence-corrected chi connectivity index (χ1v) is 7.44. The molecule has 1 heterocycles. The summed E-state index contributed by atoms with van der Waals surface area (Å²) in [6.45, 7) is 10.5. The molecule has 2 rings (SSSR count). The lowest BCUT2D eigenvalue weighted by Crippen LogP contribution is -2.48. The van der Waals surface area contributed by atoms with Crippen LogP contribution in [0.4, 0.5) is 10.1 Å². The number of nitrogens with one attached hydrogen (secondary N) is 1. The van der Waals surface area contributed by atoms with Crippen LogP contribution in [0.15, 0.2) is 18.2 Å². The molecule has 1 saturated heterocycles. The summed E-state index contributed by atoms with van der Waals surface area (Å²) < 4.78 is 20.0. The van der Waals surface area contributed by atoms with E-state index in [1.165, 1.54) is 0 Å². The third-order valence-electron chi connectivity index (χ3n) is 3.89. The topological polar surface area (TPSA) is 24.5 Å². The van der Waals surface area contributed by atoms with E-state index in [1.807, 2.05) is 19.9 Å². The van der Waals surface area contributed by atoms with E-state index in [0.29, 0.717) is 6.61 Å². The van der Waals surface area contributed by atoms with Crippen molar-refractivity contribution in [3.8, 4) is 0 Å². The van der Waals surface area contributed by atoms with E-state index in [0.717, 1.165) is 24.3 Å². The van der Waals surface area contributed by atoms with Crippen LogP contribution in [0.1, 0.15) is 39.3 Å². The van der Waals surface area contributed by atoms with E-state index in [4.69, 9.17) is 4.74 Å². The fraction of sp³-hybridized carbons (Fsp3) is 0.625. The summed E-state index contributed by atoms with van der Waals surface area (Å²) in [6.07, 6.45) is 0.178. The van der Waals surface area contributed by atoms with Crippen molar-refractivity contribution in [2.24, 2.45) is 0 Å². The Morgan fingerprint density at radius 1 is 1.45 bits per heavy atom. The molecule has 0 amide bonds. The predicted molar refractivity (Wildman–Crippen MR) is 80.7 cm³/mol. The van der Waals surface area contributed by atoms with Crippen molar-refractivity contribution in [1.82, 2.24) is 5.32 Å². The van der Waals surface area contributed by atoms with Crippen LogP contribution in [0.2, 0.25) is 0 Å². The molecular formula is C16H25FN2O. The summed E-state index contributed by atoms with van der Waals surface area (Å²) >= 11 is 0. The van der Waals surface area contributed by atoms with E-state index in [2.05, 4.69) is 24.1 Å². The van der Waals surface area contributed by atoms with Crippen LogP contribution in [0, 0.1) is 5.82 Å². The highest BCUT2D eigenvalue weighted by atomic mass is 19.1. The van der Waals surface area contributed by atoms with Gasteiger partial charge in [-0.1, -0.05) is 13.0 Å². The molecule has 1 N–H and O–H groups in total. The second-order valence-corrected chi connectivity index (χ2v) is 5.60. The van der Waals surface area contributed by atoms with Gasteiger partial charge in [-0.15, -0.1) is 0 Å². The van der Waals surface area contributed by atoms with Crippen molar-refractivity contribution < 1.29 is 9.13 Å². The number of hydrogen-bond donors (Lipinski definition) is 1. The number of anilines is 1. The van der Waals surface area contributed by atoms with Crippen LogP contribution in [-0.4, -0.2) is 31.8 Å². The monoisotopic (exact) mass is 280 g/mol. The minimum Gasteiger partial charge on any atom is -0.375 e. The third-order valence-corrected chi connectivity index (χ3v) is 3.89. The first-order chi connectivity index (χ1) is 9.54. The number of nitrogens with zero attached hydrogens (tertiary/aromatic N) is 1. The largest absolute Gasteiger partial charge is 0.375 e. The summed E-state index contributed by atoms with van der Waals surface area (Å²) in [5, 5.41) is 3.31. The van der Waals surface area contributed by atoms with Crippen LogP contribution in [0.25, 0.3) is 0 Å². The summed E-state index contributed by atoms with van der Waals surface area (Å²) in [5.41, 5.74) is 1.75. The molecule has 112 valence electrons. The van der Waals surface area contributed by atoms with Gasteiger partial charge in [-0.2, -0.15) is 0 Å². The molecule has 4 heteroatoms. The molecular weight excluding hydrogens is 255 g/mol. The number of hydrogen-bond acceptors (Lipinski definition) is 3. The molecule has 1 aromatic rings. The van der Waals surface area contributed by atoms with Gasteiger partial charge in [-0.3, -0.25) is 0 Å². The van der Waals surface area contributed by atoms with Crippen LogP contribution < -0.4 is 10.2 Å². The molecule has 0 radical (unpaired) electrons. The van der Waals surface area contributed by atoms with E-state index >= 15 is 0 Å². The van der Waals surface area contributed by atoms with Crippen molar-refractivity contribution >= 4 is 5.69 Å². The maximum absolute atomic E-state index is 14.3. The number of morpholine rings is 1. The Morgan fingerprint density at radius 3 is 2.90 bits per heavy atom. The molecule has 1 aliphatic heterocycles. The zero-order chi connectivity index (χ0) is 14.7. The molecule has 0 bridgehead atoms. The van der Waals surface area contributed by atoms with Gasteiger partial charge in [0.1, 0.15) is 5.82 Å². The van der Waals surface area contributed by atoms with E-state index in [-0.39, 0.29) is 24.0 Å². The predicted octanol–water partition coefficient (Wildman–Crippen LogP) is 3.11. The zero-order valence-electron chi connectivity index (χ0n) is 12.8. The molecule has 3 unspecified atom stereocenters. The Labute approximate surface area is 121 Å². The Morgan fingerprint density at radius 2 is 2.20 bits per heavy atom. The molecule has 20 heavy (non-hydrogen) atoms. The second-order valence-electron chi connectivity index (χ2n) is 5.60. The van der Waals surface area contributed by atoms with Crippen LogP contribution in [0.5, 0.6) is 0 Å². The standard InChI is InChI=1S/C16H25FN2O/c1-5-18-13(4)16-14(17)7-6-8-15(16)19-9-12(3)20-10-11(19)2/h6-8,11-13,18H,5,9-10H2,1-4H3. The summed E-state index contributed by atoms with van der Waals surface area (Å²) in [7, 11) is 0. The number of halogens is 1. The van der Waals surface area contributed by atoms with Crippen LogP contribution in [-0.2, 0) is 4.74 Å². The third kappa shape index (κ3) is 3.13. The lowest BCUT2D eigenvalue weighted by molar-refractivity contribution is 0.0342. The molecule has 1 aliphatic rings. The molecule has 0 spiro atoms. The van der Waals surface area contributed by atoms with E-state index < -0.39 is 0 Å². The van der Waals surface area contributed by atoms with Crippen LogP contribution >= 0.6 is 0 Å². The summed E-state index contributed by atoms with van der Waals surface area (Å²) in [4.78, 5) is 2.26. The highest BCUT2D eigenvalue weighted by Gasteiger charge is 2.27.